The average Bonchev–Trinajstić information content (AvgIpc) is 2.86. The first-order valence-corrected chi connectivity index (χ1v) is 6.00. The molecule has 6 heteroatoms. The molecule has 0 radical (unpaired) electrons. The molecule has 6 nitrogen and oxygen atoms in total. The van der Waals surface area contributed by atoms with E-state index in [1.807, 2.05) is 17.3 Å². The van der Waals surface area contributed by atoms with Gasteiger partial charge in [0.1, 0.15) is 0 Å². The fourth-order valence-electron chi connectivity index (χ4n) is 2.12. The van der Waals surface area contributed by atoms with Gasteiger partial charge in [-0.2, -0.15) is 0 Å². The summed E-state index contributed by atoms with van der Waals surface area (Å²) in [7, 11) is 0. The summed E-state index contributed by atoms with van der Waals surface area (Å²) in [6.07, 6.45) is 3.79. The first-order valence-electron chi connectivity index (χ1n) is 6.00. The summed E-state index contributed by atoms with van der Waals surface area (Å²) in [6.45, 7) is 6.21. The van der Waals surface area contributed by atoms with E-state index in [1.54, 1.807) is 0 Å². The van der Waals surface area contributed by atoms with Crippen LogP contribution in [0.25, 0.3) is 0 Å². The van der Waals surface area contributed by atoms with Crippen molar-refractivity contribution in [2.45, 2.75) is 13.5 Å². The Hall–Kier alpha value is -1.56. The molecule has 1 amide bonds. The number of amides is 1. The molecule has 1 aliphatic heterocycles. The van der Waals surface area contributed by atoms with Gasteiger partial charge in [-0.25, -0.2) is 4.98 Å². The summed E-state index contributed by atoms with van der Waals surface area (Å²) in [5.41, 5.74) is 5.36. The lowest BCUT2D eigenvalue weighted by Crippen LogP contribution is -2.51. The topological polar surface area (TPSA) is 67.4 Å². The number of rotatable bonds is 3. The Balaban J connectivity index is 1.97. The molecule has 1 saturated heterocycles. The zero-order valence-corrected chi connectivity index (χ0v) is 10.2. The monoisotopic (exact) mass is 237 g/mol. The molecule has 0 aromatic carbocycles. The molecular weight excluding hydrogens is 218 g/mol. The van der Waals surface area contributed by atoms with Crippen LogP contribution < -0.4 is 10.6 Å². The van der Waals surface area contributed by atoms with E-state index in [0.717, 1.165) is 38.7 Å². The van der Waals surface area contributed by atoms with Crippen LogP contribution in [-0.2, 0) is 11.3 Å². The number of piperazine rings is 1. The van der Waals surface area contributed by atoms with Gasteiger partial charge in [-0.05, 0) is 6.92 Å². The van der Waals surface area contributed by atoms with Crippen molar-refractivity contribution in [3.05, 3.63) is 12.4 Å². The second-order valence-corrected chi connectivity index (χ2v) is 4.09. The number of aromatic nitrogens is 2. The largest absolute Gasteiger partial charge is 0.339 e. The van der Waals surface area contributed by atoms with Gasteiger partial charge in [0, 0.05) is 45.1 Å². The molecule has 0 bridgehead atoms. The highest BCUT2D eigenvalue weighted by Gasteiger charge is 2.22. The van der Waals surface area contributed by atoms with Gasteiger partial charge in [-0.15, -0.1) is 0 Å². The van der Waals surface area contributed by atoms with Crippen LogP contribution in [0.4, 0.5) is 5.95 Å². The predicted molar refractivity (Wildman–Crippen MR) is 65.7 cm³/mol. The lowest BCUT2D eigenvalue weighted by molar-refractivity contribution is -0.129. The highest BCUT2D eigenvalue weighted by molar-refractivity contribution is 5.78. The van der Waals surface area contributed by atoms with Crippen LogP contribution in [0.2, 0.25) is 0 Å². The van der Waals surface area contributed by atoms with Crippen molar-refractivity contribution in [3.63, 3.8) is 0 Å². The van der Waals surface area contributed by atoms with Gasteiger partial charge in [0.15, 0.2) is 0 Å². The van der Waals surface area contributed by atoms with Crippen LogP contribution in [0.5, 0.6) is 0 Å². The molecule has 0 spiro atoms. The lowest BCUT2D eigenvalue weighted by atomic mass is 10.3. The Morgan fingerprint density at radius 3 is 2.71 bits per heavy atom. The van der Waals surface area contributed by atoms with Crippen LogP contribution in [0.1, 0.15) is 6.92 Å². The third-order valence-electron chi connectivity index (χ3n) is 3.12. The van der Waals surface area contributed by atoms with E-state index in [1.165, 1.54) is 0 Å². The molecule has 0 aliphatic carbocycles. The third kappa shape index (κ3) is 2.41. The van der Waals surface area contributed by atoms with Gasteiger partial charge < -0.3 is 20.1 Å². The first-order chi connectivity index (χ1) is 8.26. The number of nitrogens with zero attached hydrogens (tertiary/aromatic N) is 4. The number of imidazole rings is 1. The summed E-state index contributed by atoms with van der Waals surface area (Å²) >= 11 is 0. The summed E-state index contributed by atoms with van der Waals surface area (Å²) in [5, 5.41) is 0. The maximum Gasteiger partial charge on any atom is 0.236 e. The number of carbonyl (C=O) groups excluding carboxylic acids is 1. The highest BCUT2D eigenvalue weighted by Crippen LogP contribution is 2.14. The molecule has 1 aromatic heterocycles. The first kappa shape index (κ1) is 11.9. The van der Waals surface area contributed by atoms with Crippen molar-refractivity contribution in [3.8, 4) is 0 Å². The molecular formula is C11H19N5O. The quantitative estimate of drug-likeness (QED) is 0.770. The minimum atomic E-state index is 0.0310. The number of hydrogen-bond donors (Lipinski definition) is 1. The molecule has 94 valence electrons. The number of hydrogen-bond acceptors (Lipinski definition) is 4. The SMILES string of the molecule is CCn1ccnc1N1CCN(C(=O)CN)CC1. The van der Waals surface area contributed by atoms with Crippen molar-refractivity contribution in [1.29, 1.82) is 0 Å². The molecule has 2 N–H and O–H groups in total. The smallest absolute Gasteiger partial charge is 0.236 e. The van der Waals surface area contributed by atoms with Crippen molar-refractivity contribution >= 4 is 11.9 Å². The van der Waals surface area contributed by atoms with Crippen molar-refractivity contribution in [2.24, 2.45) is 5.73 Å². The molecule has 0 atom stereocenters. The Labute approximate surface area is 101 Å². The van der Waals surface area contributed by atoms with Crippen LogP contribution in [0.3, 0.4) is 0 Å². The van der Waals surface area contributed by atoms with E-state index in [9.17, 15) is 4.79 Å². The van der Waals surface area contributed by atoms with Crippen molar-refractivity contribution in [2.75, 3.05) is 37.6 Å². The van der Waals surface area contributed by atoms with Gasteiger partial charge in [0.25, 0.3) is 0 Å². The van der Waals surface area contributed by atoms with Gasteiger partial charge in [0.2, 0.25) is 11.9 Å². The maximum atomic E-state index is 11.4. The Morgan fingerprint density at radius 1 is 1.41 bits per heavy atom. The van der Waals surface area contributed by atoms with Gasteiger partial charge >= 0.3 is 0 Å². The highest BCUT2D eigenvalue weighted by atomic mass is 16.2. The fraction of sp³-hybridized carbons (Fsp3) is 0.636. The zero-order valence-electron chi connectivity index (χ0n) is 10.2. The average molecular weight is 237 g/mol. The van der Waals surface area contributed by atoms with Crippen LogP contribution in [0, 0.1) is 0 Å². The van der Waals surface area contributed by atoms with Crippen LogP contribution in [-0.4, -0.2) is 53.1 Å². The van der Waals surface area contributed by atoms with E-state index in [-0.39, 0.29) is 12.5 Å². The Kier molecular flexibility index (Phi) is 3.63. The van der Waals surface area contributed by atoms with Gasteiger partial charge in [-0.1, -0.05) is 0 Å². The van der Waals surface area contributed by atoms with E-state index >= 15 is 0 Å². The Bertz CT molecular complexity index is 381. The Morgan fingerprint density at radius 2 is 2.12 bits per heavy atom. The summed E-state index contributed by atoms with van der Waals surface area (Å²) in [5.74, 6) is 1.02. The molecule has 1 aliphatic rings. The summed E-state index contributed by atoms with van der Waals surface area (Å²) in [6, 6.07) is 0. The van der Waals surface area contributed by atoms with Gasteiger partial charge in [0.05, 0.1) is 6.54 Å². The molecule has 17 heavy (non-hydrogen) atoms. The van der Waals surface area contributed by atoms with E-state index in [4.69, 9.17) is 5.73 Å². The van der Waals surface area contributed by atoms with Crippen molar-refractivity contribution in [1.82, 2.24) is 14.5 Å². The molecule has 2 rings (SSSR count). The minimum absolute atomic E-state index is 0.0310. The number of carbonyl (C=O) groups is 1. The van der Waals surface area contributed by atoms with E-state index in [2.05, 4.69) is 21.4 Å². The van der Waals surface area contributed by atoms with Crippen LogP contribution in [0.15, 0.2) is 12.4 Å². The van der Waals surface area contributed by atoms with Crippen LogP contribution >= 0.6 is 0 Å². The summed E-state index contributed by atoms with van der Waals surface area (Å²) < 4.78 is 2.11. The number of aryl methyl sites for hydroxylation is 1. The molecule has 0 unspecified atom stereocenters. The summed E-state index contributed by atoms with van der Waals surface area (Å²) in [4.78, 5) is 19.8. The third-order valence-corrected chi connectivity index (χ3v) is 3.12. The zero-order chi connectivity index (χ0) is 12.3. The second kappa shape index (κ2) is 5.18. The van der Waals surface area contributed by atoms with Crippen molar-refractivity contribution < 1.29 is 4.79 Å². The predicted octanol–water partition coefficient (Wildman–Crippen LogP) is -0.490. The second-order valence-electron chi connectivity index (χ2n) is 4.09. The van der Waals surface area contributed by atoms with Gasteiger partial charge in [-0.3, -0.25) is 4.79 Å². The van der Waals surface area contributed by atoms with E-state index < -0.39 is 0 Å². The normalized spacial score (nSPS) is 16.4. The fourth-order valence-corrected chi connectivity index (χ4v) is 2.12. The molecule has 0 saturated carbocycles. The number of anilines is 1. The maximum absolute atomic E-state index is 11.4. The molecule has 1 fully saturated rings. The molecule has 2 heterocycles. The standard InChI is InChI=1S/C11H19N5O/c1-2-14-4-3-13-11(14)16-7-5-15(6-8-16)10(17)9-12/h3-4H,2,5-9,12H2,1H3. The minimum Gasteiger partial charge on any atom is -0.339 e. The lowest BCUT2D eigenvalue weighted by Gasteiger charge is -2.35. The molecule has 1 aromatic rings. The van der Waals surface area contributed by atoms with E-state index in [0.29, 0.717) is 0 Å². The number of nitrogens with two attached hydrogens (primary N) is 1.